The van der Waals surface area contributed by atoms with Crippen LogP contribution >= 0.6 is 47.8 Å². The van der Waals surface area contributed by atoms with E-state index in [0.717, 1.165) is 10.0 Å². The summed E-state index contributed by atoms with van der Waals surface area (Å²) in [6.07, 6.45) is -0.122. The van der Waals surface area contributed by atoms with Gasteiger partial charge in [0.1, 0.15) is 0 Å². The molecule has 0 spiro atoms. The monoisotopic (exact) mass is 503 g/mol. The molecule has 0 radical (unpaired) electrons. The van der Waals surface area contributed by atoms with Crippen LogP contribution in [0.25, 0.3) is 0 Å². The molecule has 0 aromatic heterocycles. The van der Waals surface area contributed by atoms with Crippen LogP contribution in [0, 0.1) is 6.92 Å². The van der Waals surface area contributed by atoms with E-state index in [1.54, 1.807) is 6.07 Å². The average Bonchev–Trinajstić information content (AvgIpc) is 2.43. The smallest absolute Gasteiger partial charge is 0.244 e. The predicted molar refractivity (Wildman–Crippen MR) is 93.5 cm³/mol. The molecule has 2 unspecified atom stereocenters. The Morgan fingerprint density at radius 2 is 2.00 bits per heavy atom. The Kier molecular flexibility index (Phi) is 5.93. The number of halogens is 3. The Balaban J connectivity index is 2.43. The van der Waals surface area contributed by atoms with E-state index in [2.05, 4.69) is 47.8 Å². The number of rotatable bonds is 3. The number of hydrogen-bond donors (Lipinski definition) is 0. The standard InChI is InChI=1S/C13H16Br3NO3S/c1-8-3-12(16)13(4-11(8)15)21(18,19)17-6-10(5-14)20-7-9(17)2/h3-4,9-10H,5-7H2,1-2H3. The number of nitrogens with zero attached hydrogens (tertiary/aromatic N) is 1. The highest BCUT2D eigenvalue weighted by molar-refractivity contribution is 9.11. The Bertz CT molecular complexity index is 636. The van der Waals surface area contributed by atoms with Gasteiger partial charge in [0, 0.05) is 26.9 Å². The Morgan fingerprint density at radius 1 is 1.33 bits per heavy atom. The zero-order chi connectivity index (χ0) is 15.8. The van der Waals surface area contributed by atoms with Crippen molar-refractivity contribution < 1.29 is 13.2 Å². The number of alkyl halides is 1. The van der Waals surface area contributed by atoms with E-state index in [1.165, 1.54) is 4.31 Å². The van der Waals surface area contributed by atoms with Crippen LogP contribution < -0.4 is 0 Å². The van der Waals surface area contributed by atoms with Gasteiger partial charge in [0.05, 0.1) is 17.6 Å². The van der Waals surface area contributed by atoms with Gasteiger partial charge in [-0.2, -0.15) is 4.31 Å². The summed E-state index contributed by atoms with van der Waals surface area (Å²) in [6.45, 7) is 4.54. The molecule has 1 saturated heterocycles. The molecule has 1 aromatic carbocycles. The first kappa shape index (κ1) is 17.9. The molecular weight excluding hydrogens is 490 g/mol. The van der Waals surface area contributed by atoms with Crippen molar-refractivity contribution in [3.8, 4) is 0 Å². The topological polar surface area (TPSA) is 46.6 Å². The first-order valence-electron chi connectivity index (χ1n) is 6.42. The summed E-state index contributed by atoms with van der Waals surface area (Å²) in [5, 5.41) is 0.616. The van der Waals surface area contributed by atoms with Crippen LogP contribution in [0.5, 0.6) is 0 Å². The van der Waals surface area contributed by atoms with Gasteiger partial charge in [-0.3, -0.25) is 0 Å². The Labute approximate surface area is 150 Å². The van der Waals surface area contributed by atoms with Crippen molar-refractivity contribution in [2.24, 2.45) is 0 Å². The van der Waals surface area contributed by atoms with Gasteiger partial charge in [-0.15, -0.1) is 0 Å². The second-order valence-corrected chi connectivity index (χ2v) is 9.28. The number of ether oxygens (including phenoxy) is 1. The molecule has 1 fully saturated rings. The van der Waals surface area contributed by atoms with Gasteiger partial charge in [0.25, 0.3) is 0 Å². The Hall–Kier alpha value is 0.530. The number of sulfonamides is 1. The van der Waals surface area contributed by atoms with Gasteiger partial charge < -0.3 is 4.74 Å². The van der Waals surface area contributed by atoms with E-state index in [-0.39, 0.29) is 17.0 Å². The molecule has 1 heterocycles. The fourth-order valence-electron chi connectivity index (χ4n) is 2.17. The van der Waals surface area contributed by atoms with E-state index >= 15 is 0 Å². The summed E-state index contributed by atoms with van der Waals surface area (Å²) in [6, 6.07) is 3.28. The van der Waals surface area contributed by atoms with Gasteiger partial charge in [-0.25, -0.2) is 8.42 Å². The molecule has 4 nitrogen and oxygen atoms in total. The minimum atomic E-state index is -3.57. The second kappa shape index (κ2) is 6.97. The maximum atomic E-state index is 12.9. The van der Waals surface area contributed by atoms with Gasteiger partial charge in [-0.1, -0.05) is 31.9 Å². The maximum absolute atomic E-state index is 12.9. The fraction of sp³-hybridized carbons (Fsp3) is 0.538. The Morgan fingerprint density at radius 3 is 2.62 bits per heavy atom. The van der Waals surface area contributed by atoms with E-state index < -0.39 is 10.0 Å². The zero-order valence-corrected chi connectivity index (χ0v) is 17.2. The molecule has 0 aliphatic carbocycles. The van der Waals surface area contributed by atoms with Gasteiger partial charge in [0.2, 0.25) is 10.0 Å². The molecule has 2 rings (SSSR count). The number of hydrogen-bond acceptors (Lipinski definition) is 3. The van der Waals surface area contributed by atoms with Crippen LogP contribution in [0.1, 0.15) is 12.5 Å². The highest BCUT2D eigenvalue weighted by atomic mass is 79.9. The molecule has 1 aliphatic rings. The van der Waals surface area contributed by atoms with Crippen molar-refractivity contribution >= 4 is 57.8 Å². The van der Waals surface area contributed by atoms with Crippen LogP contribution in [-0.4, -0.2) is 43.4 Å². The number of aryl methyl sites for hydroxylation is 1. The lowest BCUT2D eigenvalue weighted by Gasteiger charge is -2.36. The lowest BCUT2D eigenvalue weighted by atomic mass is 10.2. The van der Waals surface area contributed by atoms with E-state index in [9.17, 15) is 8.42 Å². The third kappa shape index (κ3) is 3.72. The lowest BCUT2D eigenvalue weighted by molar-refractivity contribution is -0.0139. The normalized spacial score (nSPS) is 24.2. The molecule has 118 valence electrons. The van der Waals surface area contributed by atoms with E-state index in [1.807, 2.05) is 19.9 Å². The maximum Gasteiger partial charge on any atom is 0.244 e. The molecule has 2 atom stereocenters. The SMILES string of the molecule is Cc1cc(Br)c(S(=O)(=O)N2CC(CBr)OCC2C)cc1Br. The van der Waals surface area contributed by atoms with Crippen LogP contribution in [0.2, 0.25) is 0 Å². The van der Waals surface area contributed by atoms with Crippen molar-refractivity contribution in [1.82, 2.24) is 4.31 Å². The first-order chi connectivity index (χ1) is 9.77. The minimum absolute atomic E-state index is 0.122. The molecule has 1 aromatic rings. The largest absolute Gasteiger partial charge is 0.374 e. The van der Waals surface area contributed by atoms with E-state index in [0.29, 0.717) is 23.0 Å². The molecule has 0 bridgehead atoms. The minimum Gasteiger partial charge on any atom is -0.374 e. The van der Waals surface area contributed by atoms with Crippen molar-refractivity contribution in [2.75, 3.05) is 18.5 Å². The fourth-order valence-corrected chi connectivity index (χ4v) is 5.85. The lowest BCUT2D eigenvalue weighted by Crippen LogP contribution is -2.51. The summed E-state index contributed by atoms with van der Waals surface area (Å²) < 4.78 is 34.4. The van der Waals surface area contributed by atoms with Crippen LogP contribution in [0.3, 0.4) is 0 Å². The van der Waals surface area contributed by atoms with Crippen molar-refractivity contribution in [2.45, 2.75) is 30.9 Å². The van der Waals surface area contributed by atoms with Crippen molar-refractivity contribution in [3.63, 3.8) is 0 Å². The molecule has 0 amide bonds. The quantitative estimate of drug-likeness (QED) is 0.589. The third-order valence-corrected chi connectivity index (χ3v) is 7.94. The van der Waals surface area contributed by atoms with Gasteiger partial charge in [-0.05, 0) is 47.5 Å². The second-order valence-electron chi connectivity index (χ2n) is 5.07. The average molecular weight is 506 g/mol. The summed E-state index contributed by atoms with van der Waals surface area (Å²) in [7, 11) is -3.57. The summed E-state index contributed by atoms with van der Waals surface area (Å²) in [5.41, 5.74) is 0.981. The predicted octanol–water partition coefficient (Wildman–Crippen LogP) is 3.69. The summed E-state index contributed by atoms with van der Waals surface area (Å²) in [4.78, 5) is 0.280. The van der Waals surface area contributed by atoms with Crippen molar-refractivity contribution in [1.29, 1.82) is 0 Å². The van der Waals surface area contributed by atoms with Gasteiger partial charge in [0.15, 0.2) is 0 Å². The van der Waals surface area contributed by atoms with E-state index in [4.69, 9.17) is 4.74 Å². The highest BCUT2D eigenvalue weighted by Crippen LogP contribution is 2.32. The molecule has 1 aliphatic heterocycles. The van der Waals surface area contributed by atoms with Gasteiger partial charge >= 0.3 is 0 Å². The summed E-state index contributed by atoms with van der Waals surface area (Å²) in [5.74, 6) is 0. The van der Waals surface area contributed by atoms with Crippen molar-refractivity contribution in [3.05, 3.63) is 26.6 Å². The summed E-state index contributed by atoms with van der Waals surface area (Å²) >= 11 is 10.1. The third-order valence-electron chi connectivity index (χ3n) is 3.42. The first-order valence-corrected chi connectivity index (χ1v) is 10.6. The molecule has 21 heavy (non-hydrogen) atoms. The zero-order valence-electron chi connectivity index (χ0n) is 11.6. The van der Waals surface area contributed by atoms with Crippen LogP contribution in [-0.2, 0) is 14.8 Å². The number of morpholine rings is 1. The molecular formula is C13H16Br3NO3S. The molecule has 8 heteroatoms. The highest BCUT2D eigenvalue weighted by Gasteiger charge is 2.36. The van der Waals surface area contributed by atoms with Crippen LogP contribution in [0.15, 0.2) is 26.0 Å². The van der Waals surface area contributed by atoms with Crippen LogP contribution in [0.4, 0.5) is 0 Å². The number of benzene rings is 1. The molecule has 0 N–H and O–H groups in total. The molecule has 0 saturated carbocycles.